The molecule has 0 aliphatic carbocycles. The van der Waals surface area contributed by atoms with E-state index < -0.39 is 0 Å². The van der Waals surface area contributed by atoms with Gasteiger partial charge in [-0.1, -0.05) is 31.5 Å². The molecular formula is C15H24ClNO. The summed E-state index contributed by atoms with van der Waals surface area (Å²) in [5.41, 5.74) is 8.29. The molecule has 102 valence electrons. The van der Waals surface area contributed by atoms with Gasteiger partial charge < -0.3 is 10.5 Å². The van der Waals surface area contributed by atoms with E-state index >= 15 is 0 Å². The van der Waals surface area contributed by atoms with Crippen LogP contribution in [0.5, 0.6) is 5.75 Å². The van der Waals surface area contributed by atoms with Crippen molar-refractivity contribution >= 4 is 11.6 Å². The predicted molar refractivity (Wildman–Crippen MR) is 78.7 cm³/mol. The Morgan fingerprint density at radius 3 is 2.44 bits per heavy atom. The van der Waals surface area contributed by atoms with Crippen LogP contribution in [0.3, 0.4) is 0 Å². The van der Waals surface area contributed by atoms with Crippen LogP contribution in [-0.2, 0) is 6.42 Å². The van der Waals surface area contributed by atoms with E-state index in [1.807, 2.05) is 19.9 Å². The van der Waals surface area contributed by atoms with E-state index in [0.29, 0.717) is 17.5 Å². The first-order valence-electron chi connectivity index (χ1n) is 6.70. The van der Waals surface area contributed by atoms with Crippen molar-refractivity contribution in [1.82, 2.24) is 0 Å². The minimum atomic E-state index is 0.104. The zero-order chi connectivity index (χ0) is 13.7. The topological polar surface area (TPSA) is 35.2 Å². The summed E-state index contributed by atoms with van der Waals surface area (Å²) in [6.45, 7) is 8.98. The van der Waals surface area contributed by atoms with Crippen molar-refractivity contribution in [2.45, 2.75) is 52.5 Å². The lowest BCUT2D eigenvalue weighted by Gasteiger charge is -2.18. The molecule has 0 saturated heterocycles. The monoisotopic (exact) mass is 269 g/mol. The number of hydrogen-bond donors (Lipinski definition) is 1. The largest absolute Gasteiger partial charge is 0.492 e. The molecule has 0 heterocycles. The molecule has 0 radical (unpaired) electrons. The third-order valence-electron chi connectivity index (χ3n) is 3.15. The van der Waals surface area contributed by atoms with Crippen molar-refractivity contribution < 1.29 is 4.74 Å². The third-order valence-corrected chi connectivity index (χ3v) is 3.44. The van der Waals surface area contributed by atoms with Crippen LogP contribution >= 0.6 is 11.6 Å². The molecule has 2 N–H and O–H groups in total. The Balaban J connectivity index is 3.18. The van der Waals surface area contributed by atoms with Gasteiger partial charge in [0.2, 0.25) is 0 Å². The van der Waals surface area contributed by atoms with Gasteiger partial charge in [-0.05, 0) is 49.8 Å². The molecule has 0 spiro atoms. The molecule has 2 nitrogen and oxygen atoms in total. The van der Waals surface area contributed by atoms with Gasteiger partial charge in [0, 0.05) is 6.04 Å². The highest BCUT2D eigenvalue weighted by Gasteiger charge is 2.14. The van der Waals surface area contributed by atoms with E-state index in [2.05, 4.69) is 19.9 Å². The molecule has 0 saturated carbocycles. The Morgan fingerprint density at radius 1 is 1.28 bits per heavy atom. The summed E-state index contributed by atoms with van der Waals surface area (Å²) in [5.74, 6) is 1.30. The smallest absolute Gasteiger partial charge is 0.141 e. The van der Waals surface area contributed by atoms with Gasteiger partial charge in [0.05, 0.1) is 11.6 Å². The van der Waals surface area contributed by atoms with Crippen molar-refractivity contribution in [2.24, 2.45) is 5.73 Å². The lowest BCUT2D eigenvalue weighted by molar-refractivity contribution is 0.336. The second-order valence-electron chi connectivity index (χ2n) is 4.91. The molecule has 0 amide bonds. The van der Waals surface area contributed by atoms with E-state index in [1.165, 1.54) is 5.56 Å². The minimum Gasteiger partial charge on any atom is -0.492 e. The molecule has 0 aliphatic rings. The van der Waals surface area contributed by atoms with E-state index in [4.69, 9.17) is 22.1 Å². The first-order valence-corrected chi connectivity index (χ1v) is 7.08. The van der Waals surface area contributed by atoms with Gasteiger partial charge in [0.1, 0.15) is 5.75 Å². The molecule has 3 heteroatoms. The van der Waals surface area contributed by atoms with Crippen LogP contribution in [0.4, 0.5) is 0 Å². The molecule has 18 heavy (non-hydrogen) atoms. The molecule has 0 bridgehead atoms. The van der Waals surface area contributed by atoms with Crippen molar-refractivity contribution in [1.29, 1.82) is 0 Å². The van der Waals surface area contributed by atoms with Crippen molar-refractivity contribution in [2.75, 3.05) is 6.61 Å². The Morgan fingerprint density at radius 2 is 1.94 bits per heavy atom. The quantitative estimate of drug-likeness (QED) is 0.842. The van der Waals surface area contributed by atoms with Crippen LogP contribution in [-0.4, -0.2) is 12.6 Å². The highest BCUT2D eigenvalue weighted by molar-refractivity contribution is 6.32. The van der Waals surface area contributed by atoms with E-state index in [-0.39, 0.29) is 6.04 Å². The van der Waals surface area contributed by atoms with Gasteiger partial charge in [-0.2, -0.15) is 0 Å². The summed E-state index contributed by atoms with van der Waals surface area (Å²) in [7, 11) is 0. The van der Waals surface area contributed by atoms with E-state index in [1.54, 1.807) is 0 Å². The van der Waals surface area contributed by atoms with Crippen molar-refractivity contribution in [3.05, 3.63) is 28.3 Å². The highest BCUT2D eigenvalue weighted by atomic mass is 35.5. The lowest BCUT2D eigenvalue weighted by Crippen LogP contribution is -2.18. The summed E-state index contributed by atoms with van der Waals surface area (Å²) >= 11 is 6.33. The fourth-order valence-electron chi connectivity index (χ4n) is 2.00. The second kappa shape index (κ2) is 7.01. The van der Waals surface area contributed by atoms with Crippen LogP contribution in [0.1, 0.15) is 51.2 Å². The number of halogens is 1. The summed E-state index contributed by atoms with van der Waals surface area (Å²) < 4.78 is 5.65. The zero-order valence-electron chi connectivity index (χ0n) is 11.8. The van der Waals surface area contributed by atoms with Gasteiger partial charge in [-0.3, -0.25) is 0 Å². The molecule has 1 rings (SSSR count). The van der Waals surface area contributed by atoms with Crippen LogP contribution in [0.25, 0.3) is 0 Å². The van der Waals surface area contributed by atoms with Gasteiger partial charge in [-0.25, -0.2) is 0 Å². The number of nitrogens with two attached hydrogens (primary N) is 1. The summed E-state index contributed by atoms with van der Waals surface area (Å²) in [4.78, 5) is 0. The Bertz CT molecular complexity index is 390. The number of rotatable bonds is 6. The SMILES string of the molecule is CCOc1c(Cl)cc(C(C)CC)cc1CC(C)N. The maximum absolute atomic E-state index is 6.33. The van der Waals surface area contributed by atoms with Gasteiger partial charge in [0.15, 0.2) is 0 Å². The fraction of sp³-hybridized carbons (Fsp3) is 0.600. The lowest BCUT2D eigenvalue weighted by atomic mass is 9.94. The van der Waals surface area contributed by atoms with Crippen LogP contribution in [0.2, 0.25) is 5.02 Å². The Hall–Kier alpha value is -0.730. The van der Waals surface area contributed by atoms with E-state index in [0.717, 1.165) is 24.2 Å². The number of hydrogen-bond acceptors (Lipinski definition) is 2. The van der Waals surface area contributed by atoms with E-state index in [9.17, 15) is 0 Å². The first kappa shape index (κ1) is 15.3. The molecule has 1 aromatic rings. The number of benzene rings is 1. The van der Waals surface area contributed by atoms with Gasteiger partial charge >= 0.3 is 0 Å². The Labute approximate surface area is 115 Å². The maximum atomic E-state index is 6.33. The molecule has 0 aromatic heterocycles. The summed E-state index contributed by atoms with van der Waals surface area (Å²) in [6.07, 6.45) is 1.89. The zero-order valence-corrected chi connectivity index (χ0v) is 12.6. The maximum Gasteiger partial charge on any atom is 0.141 e. The molecule has 1 aromatic carbocycles. The fourth-order valence-corrected chi connectivity index (χ4v) is 2.30. The molecular weight excluding hydrogens is 246 g/mol. The van der Waals surface area contributed by atoms with Gasteiger partial charge in [-0.15, -0.1) is 0 Å². The standard InChI is InChI=1S/C15H24ClNO/c1-5-10(3)12-8-13(7-11(4)17)15(18-6-2)14(16)9-12/h8-11H,5-7,17H2,1-4H3. The third kappa shape index (κ3) is 3.89. The van der Waals surface area contributed by atoms with Crippen molar-refractivity contribution in [3.8, 4) is 5.75 Å². The van der Waals surface area contributed by atoms with Crippen molar-refractivity contribution in [3.63, 3.8) is 0 Å². The van der Waals surface area contributed by atoms with Crippen LogP contribution < -0.4 is 10.5 Å². The minimum absolute atomic E-state index is 0.104. The summed E-state index contributed by atoms with van der Waals surface area (Å²) in [5, 5.41) is 0.699. The Kier molecular flexibility index (Phi) is 5.97. The first-order chi connectivity index (χ1) is 8.49. The highest BCUT2D eigenvalue weighted by Crippen LogP contribution is 2.34. The normalized spacial score (nSPS) is 14.3. The van der Waals surface area contributed by atoms with Gasteiger partial charge in [0.25, 0.3) is 0 Å². The second-order valence-corrected chi connectivity index (χ2v) is 5.32. The average Bonchev–Trinajstić information content (AvgIpc) is 2.31. The number of ether oxygens (including phenoxy) is 1. The molecule has 0 fully saturated rings. The van der Waals surface area contributed by atoms with Crippen LogP contribution in [0.15, 0.2) is 12.1 Å². The van der Waals surface area contributed by atoms with Crippen LogP contribution in [0, 0.1) is 0 Å². The molecule has 2 unspecified atom stereocenters. The molecule has 0 aliphatic heterocycles. The predicted octanol–water partition coefficient (Wildman–Crippen LogP) is 4.14. The molecule has 2 atom stereocenters. The summed E-state index contributed by atoms with van der Waals surface area (Å²) in [6, 6.07) is 4.31. The average molecular weight is 270 g/mol.